The van der Waals surface area contributed by atoms with Gasteiger partial charge in [0.25, 0.3) is 5.69 Å². The summed E-state index contributed by atoms with van der Waals surface area (Å²) in [5.41, 5.74) is 0.470. The van der Waals surface area contributed by atoms with E-state index in [1.54, 1.807) is 25.1 Å². The second kappa shape index (κ2) is 5.42. The molecule has 1 unspecified atom stereocenters. The molecule has 0 aliphatic rings. The number of nitrogens with zero attached hydrogens (tertiary/aromatic N) is 1. The van der Waals surface area contributed by atoms with E-state index in [1.165, 1.54) is 36.4 Å². The molecule has 104 valence electrons. The molecule has 0 bridgehead atoms. The largest absolute Gasteiger partial charge is 0.269 e. The van der Waals surface area contributed by atoms with Crippen LogP contribution in [0.3, 0.4) is 0 Å². The van der Waals surface area contributed by atoms with Gasteiger partial charge in [-0.15, -0.1) is 0 Å². The molecule has 2 aromatic rings. The predicted octanol–water partition coefficient (Wildman–Crippen LogP) is 3.13. The first-order chi connectivity index (χ1) is 9.43. The number of hydrogen-bond acceptors (Lipinski definition) is 4. The smallest absolute Gasteiger partial charge is 0.258 e. The van der Waals surface area contributed by atoms with Crippen LogP contribution in [0, 0.1) is 10.1 Å². The average molecular weight is 291 g/mol. The highest BCUT2D eigenvalue weighted by atomic mass is 32.2. The SMILES string of the molecule is CC(c1ccc([N+](=O)[O-])cc1)S(=O)(=O)c1ccccc1. The third-order valence-corrected chi connectivity index (χ3v) is 5.24. The standard InChI is InChI=1S/C14H13NO4S/c1-11(12-7-9-13(10-8-12)15(16)17)20(18,19)14-5-3-2-4-6-14/h2-11H,1H3. The van der Waals surface area contributed by atoms with Gasteiger partial charge >= 0.3 is 0 Å². The summed E-state index contributed by atoms with van der Waals surface area (Å²) in [5, 5.41) is 9.83. The fraction of sp³-hybridized carbons (Fsp3) is 0.143. The van der Waals surface area contributed by atoms with Crippen molar-refractivity contribution in [1.82, 2.24) is 0 Å². The Balaban J connectivity index is 2.36. The Hall–Kier alpha value is -2.21. The van der Waals surface area contributed by atoms with E-state index in [9.17, 15) is 18.5 Å². The highest BCUT2D eigenvalue weighted by Gasteiger charge is 2.24. The molecular formula is C14H13NO4S. The number of benzene rings is 2. The van der Waals surface area contributed by atoms with E-state index in [1.807, 2.05) is 0 Å². The van der Waals surface area contributed by atoms with E-state index < -0.39 is 20.0 Å². The second-order valence-electron chi connectivity index (χ2n) is 4.35. The summed E-state index contributed by atoms with van der Waals surface area (Å²) in [4.78, 5) is 10.3. The molecule has 0 radical (unpaired) electrons. The van der Waals surface area contributed by atoms with Crippen molar-refractivity contribution in [2.75, 3.05) is 0 Å². The maximum absolute atomic E-state index is 12.4. The van der Waals surface area contributed by atoms with Gasteiger partial charge in [-0.25, -0.2) is 8.42 Å². The third kappa shape index (κ3) is 2.70. The van der Waals surface area contributed by atoms with Crippen LogP contribution in [0.1, 0.15) is 17.7 Å². The molecule has 5 nitrogen and oxygen atoms in total. The van der Waals surface area contributed by atoms with Gasteiger partial charge in [-0.2, -0.15) is 0 Å². The van der Waals surface area contributed by atoms with Gasteiger partial charge in [-0.05, 0) is 24.6 Å². The number of hydrogen-bond donors (Lipinski definition) is 0. The van der Waals surface area contributed by atoms with Gasteiger partial charge in [0.1, 0.15) is 0 Å². The molecule has 2 aromatic carbocycles. The molecule has 0 fully saturated rings. The van der Waals surface area contributed by atoms with Gasteiger partial charge in [-0.3, -0.25) is 10.1 Å². The highest BCUT2D eigenvalue weighted by Crippen LogP contribution is 2.29. The number of sulfone groups is 1. The zero-order valence-corrected chi connectivity index (χ0v) is 11.6. The maximum Gasteiger partial charge on any atom is 0.269 e. The molecular weight excluding hydrogens is 278 g/mol. The highest BCUT2D eigenvalue weighted by molar-refractivity contribution is 7.91. The lowest BCUT2D eigenvalue weighted by atomic mass is 10.1. The molecule has 0 aliphatic carbocycles. The first kappa shape index (κ1) is 14.2. The van der Waals surface area contributed by atoms with Gasteiger partial charge < -0.3 is 0 Å². The van der Waals surface area contributed by atoms with Crippen molar-refractivity contribution < 1.29 is 13.3 Å². The van der Waals surface area contributed by atoms with Crippen molar-refractivity contribution in [1.29, 1.82) is 0 Å². The van der Waals surface area contributed by atoms with Crippen LogP contribution in [0.4, 0.5) is 5.69 Å². The summed E-state index contributed by atoms with van der Waals surface area (Å²) in [6, 6.07) is 13.7. The lowest BCUT2D eigenvalue weighted by Gasteiger charge is -2.13. The average Bonchev–Trinajstić information content (AvgIpc) is 2.47. The summed E-state index contributed by atoms with van der Waals surface area (Å²) >= 11 is 0. The summed E-state index contributed by atoms with van der Waals surface area (Å²) in [5.74, 6) is 0. The van der Waals surface area contributed by atoms with Gasteiger partial charge in [0, 0.05) is 12.1 Å². The summed E-state index contributed by atoms with van der Waals surface area (Å²) in [6.45, 7) is 1.57. The van der Waals surface area contributed by atoms with Gasteiger partial charge in [0.05, 0.1) is 15.1 Å². The molecule has 0 N–H and O–H groups in total. The number of rotatable bonds is 4. The van der Waals surface area contributed by atoms with E-state index in [4.69, 9.17) is 0 Å². The molecule has 20 heavy (non-hydrogen) atoms. The molecule has 0 heterocycles. The molecule has 0 aromatic heterocycles. The van der Waals surface area contributed by atoms with Crippen molar-refractivity contribution >= 4 is 15.5 Å². The van der Waals surface area contributed by atoms with Crippen LogP contribution in [-0.4, -0.2) is 13.3 Å². The van der Waals surface area contributed by atoms with Crippen LogP contribution in [0.2, 0.25) is 0 Å². The van der Waals surface area contributed by atoms with Crippen LogP contribution < -0.4 is 0 Å². The first-order valence-corrected chi connectivity index (χ1v) is 7.51. The van der Waals surface area contributed by atoms with Crippen molar-refractivity contribution in [3.8, 4) is 0 Å². The Labute approximate surface area is 116 Å². The molecule has 6 heteroatoms. The normalized spacial score (nSPS) is 12.8. The molecule has 0 aliphatic heterocycles. The van der Waals surface area contributed by atoms with E-state index in [0.717, 1.165) is 0 Å². The van der Waals surface area contributed by atoms with Crippen molar-refractivity contribution in [3.63, 3.8) is 0 Å². The van der Waals surface area contributed by atoms with Gasteiger partial charge in [0.2, 0.25) is 0 Å². The summed E-state index contributed by atoms with van der Waals surface area (Å²) < 4.78 is 24.8. The number of non-ortho nitro benzene ring substituents is 1. The summed E-state index contributed by atoms with van der Waals surface area (Å²) in [7, 11) is -3.49. The Morgan fingerprint density at radius 2 is 1.55 bits per heavy atom. The fourth-order valence-corrected chi connectivity index (χ4v) is 3.32. The van der Waals surface area contributed by atoms with Gasteiger partial charge in [-0.1, -0.05) is 30.3 Å². The van der Waals surface area contributed by atoms with E-state index in [0.29, 0.717) is 5.56 Å². The van der Waals surface area contributed by atoms with E-state index >= 15 is 0 Å². The van der Waals surface area contributed by atoms with Crippen molar-refractivity contribution in [3.05, 3.63) is 70.3 Å². The second-order valence-corrected chi connectivity index (χ2v) is 6.62. The molecule has 0 saturated heterocycles. The summed E-state index contributed by atoms with van der Waals surface area (Å²) in [6.07, 6.45) is 0. The topological polar surface area (TPSA) is 77.3 Å². The third-order valence-electron chi connectivity index (χ3n) is 3.11. The lowest BCUT2D eigenvalue weighted by Crippen LogP contribution is -2.10. The molecule has 0 amide bonds. The maximum atomic E-state index is 12.4. The Morgan fingerprint density at radius 3 is 2.05 bits per heavy atom. The zero-order chi connectivity index (χ0) is 14.8. The number of nitro groups is 1. The minimum absolute atomic E-state index is 0.0574. The fourth-order valence-electron chi connectivity index (χ4n) is 1.86. The van der Waals surface area contributed by atoms with Crippen molar-refractivity contribution in [2.45, 2.75) is 17.1 Å². The molecule has 1 atom stereocenters. The Bertz CT molecular complexity index is 709. The van der Waals surface area contributed by atoms with Crippen LogP contribution in [0.15, 0.2) is 59.5 Å². The van der Waals surface area contributed by atoms with Crippen LogP contribution in [-0.2, 0) is 9.84 Å². The molecule has 0 saturated carbocycles. The lowest BCUT2D eigenvalue weighted by molar-refractivity contribution is -0.384. The minimum atomic E-state index is -3.49. The molecule has 0 spiro atoms. The quantitative estimate of drug-likeness (QED) is 0.640. The molecule has 2 rings (SSSR count). The minimum Gasteiger partial charge on any atom is -0.258 e. The van der Waals surface area contributed by atoms with Crippen LogP contribution in [0.5, 0.6) is 0 Å². The van der Waals surface area contributed by atoms with Crippen LogP contribution >= 0.6 is 0 Å². The first-order valence-electron chi connectivity index (χ1n) is 5.96. The van der Waals surface area contributed by atoms with Gasteiger partial charge in [0.15, 0.2) is 9.84 Å². The monoisotopic (exact) mass is 291 g/mol. The Kier molecular flexibility index (Phi) is 3.85. The number of nitro benzene ring substituents is 1. The van der Waals surface area contributed by atoms with Crippen LogP contribution in [0.25, 0.3) is 0 Å². The Morgan fingerprint density at radius 1 is 1.00 bits per heavy atom. The van der Waals surface area contributed by atoms with E-state index in [-0.39, 0.29) is 10.6 Å². The predicted molar refractivity (Wildman–Crippen MR) is 75.1 cm³/mol. The van der Waals surface area contributed by atoms with E-state index in [2.05, 4.69) is 0 Å². The zero-order valence-electron chi connectivity index (χ0n) is 10.8. The van der Waals surface area contributed by atoms with Crippen molar-refractivity contribution in [2.24, 2.45) is 0 Å².